The molecule has 1 atom stereocenters. The number of fused-ring (bicyclic) bond motifs is 1. The van der Waals surface area contributed by atoms with E-state index in [4.69, 9.17) is 35.8 Å². The first-order valence-corrected chi connectivity index (χ1v) is 8.85. The van der Waals surface area contributed by atoms with Crippen molar-refractivity contribution in [3.8, 4) is 5.75 Å². The van der Waals surface area contributed by atoms with E-state index in [0.717, 1.165) is 11.1 Å². The molecule has 0 spiro atoms. The minimum atomic E-state index is -0.427. The Kier molecular flexibility index (Phi) is 5.68. The van der Waals surface area contributed by atoms with Crippen LogP contribution in [0, 0.1) is 5.82 Å². The van der Waals surface area contributed by atoms with Gasteiger partial charge in [0.05, 0.1) is 23.2 Å². The van der Waals surface area contributed by atoms with Crippen molar-refractivity contribution in [1.82, 2.24) is 0 Å². The van der Waals surface area contributed by atoms with E-state index in [9.17, 15) is 14.0 Å². The summed E-state index contributed by atoms with van der Waals surface area (Å²) in [5.74, 6) is -0.556. The highest BCUT2D eigenvalue weighted by Gasteiger charge is 2.35. The fourth-order valence-corrected chi connectivity index (χ4v) is 3.58. The van der Waals surface area contributed by atoms with E-state index in [1.165, 1.54) is 12.1 Å². The molecule has 0 aromatic heterocycles. The molecule has 0 saturated heterocycles. The topological polar surface area (TPSA) is 43.4 Å². The second-order valence-corrected chi connectivity index (χ2v) is 6.88. The fraction of sp³-hybridized carbons (Fsp3) is 0.263. The third-order valence-corrected chi connectivity index (χ3v) is 5.19. The van der Waals surface area contributed by atoms with Crippen LogP contribution in [0.4, 0.5) is 4.39 Å². The third-order valence-electron chi connectivity index (χ3n) is 4.34. The van der Waals surface area contributed by atoms with Gasteiger partial charge in [0, 0.05) is 5.56 Å². The number of Topliss-reactive ketones (excluding diaryl/α,β-unsaturated/α-hetero) is 1. The van der Waals surface area contributed by atoms with Crippen LogP contribution in [0.15, 0.2) is 30.3 Å². The molecule has 1 aliphatic carbocycles. The molecule has 0 N–H and O–H groups in total. The van der Waals surface area contributed by atoms with Gasteiger partial charge < -0.3 is 9.53 Å². The minimum absolute atomic E-state index is 0.140. The Balaban J connectivity index is 1.83. The largest absolute Gasteiger partial charge is 0.492 e. The fourth-order valence-electron chi connectivity index (χ4n) is 3.06. The van der Waals surface area contributed by atoms with Crippen LogP contribution in [-0.2, 0) is 11.2 Å². The van der Waals surface area contributed by atoms with Gasteiger partial charge in [0.2, 0.25) is 0 Å². The Morgan fingerprint density at radius 1 is 1.23 bits per heavy atom. The number of halogens is 3. The Labute approximate surface area is 161 Å². The molecule has 26 heavy (non-hydrogen) atoms. The maximum Gasteiger partial charge on any atom is 0.172 e. The number of carbonyl (C=O) groups excluding carboxylic acids is 2. The lowest BCUT2D eigenvalue weighted by Crippen LogP contribution is -2.07. The molecule has 0 aliphatic heterocycles. The molecular weight excluding hydrogens is 377 g/mol. The molecule has 7 heteroatoms. The first-order valence-electron chi connectivity index (χ1n) is 8.10. The number of rotatable bonds is 6. The standard InChI is InChI=1S/C19H14BCl2FO3/c20-15(24)2-1-7-26-14-9-11-8-13(10-3-5-12(23)6-4-10)19(25)16(11)18(22)17(14)21/h3-6,9,13H,1-2,7-8H2. The van der Waals surface area contributed by atoms with Gasteiger partial charge in [0.25, 0.3) is 0 Å². The molecule has 1 aliphatic rings. The first-order chi connectivity index (χ1) is 12.4. The second kappa shape index (κ2) is 7.81. The van der Waals surface area contributed by atoms with E-state index in [1.54, 1.807) is 18.2 Å². The van der Waals surface area contributed by atoms with Crippen LogP contribution in [0.25, 0.3) is 0 Å². The molecule has 2 aromatic rings. The number of benzene rings is 2. The van der Waals surface area contributed by atoms with Gasteiger partial charge >= 0.3 is 0 Å². The number of ether oxygens (including phenoxy) is 1. The third kappa shape index (κ3) is 3.79. The lowest BCUT2D eigenvalue weighted by molar-refractivity contribution is -0.111. The van der Waals surface area contributed by atoms with E-state index >= 15 is 0 Å². The number of hydrogen-bond donors (Lipinski definition) is 0. The van der Waals surface area contributed by atoms with Gasteiger partial charge in [-0.2, -0.15) is 0 Å². The van der Waals surface area contributed by atoms with Gasteiger partial charge in [-0.15, -0.1) is 0 Å². The maximum absolute atomic E-state index is 13.1. The average Bonchev–Trinajstić information content (AvgIpc) is 2.93. The van der Waals surface area contributed by atoms with Crippen molar-refractivity contribution in [2.24, 2.45) is 0 Å². The molecule has 1 unspecified atom stereocenters. The van der Waals surface area contributed by atoms with Gasteiger partial charge in [0.1, 0.15) is 16.6 Å². The normalized spacial score (nSPS) is 15.8. The van der Waals surface area contributed by atoms with Crippen LogP contribution in [0.2, 0.25) is 10.0 Å². The Hall–Kier alpha value is -1.85. The predicted molar refractivity (Wildman–Crippen MR) is 99.1 cm³/mol. The van der Waals surface area contributed by atoms with Crippen LogP contribution >= 0.6 is 23.2 Å². The highest BCUT2D eigenvalue weighted by Crippen LogP contribution is 2.44. The first kappa shape index (κ1) is 18.9. The predicted octanol–water partition coefficient (Wildman–Crippen LogP) is 4.51. The van der Waals surface area contributed by atoms with Crippen molar-refractivity contribution in [2.75, 3.05) is 6.61 Å². The van der Waals surface area contributed by atoms with Gasteiger partial charge in [-0.3, -0.25) is 4.79 Å². The molecule has 0 saturated carbocycles. The summed E-state index contributed by atoms with van der Waals surface area (Å²) >= 11 is 12.6. The van der Waals surface area contributed by atoms with Crippen LogP contribution < -0.4 is 4.74 Å². The van der Waals surface area contributed by atoms with E-state index in [2.05, 4.69) is 0 Å². The van der Waals surface area contributed by atoms with E-state index in [1.807, 2.05) is 0 Å². The molecule has 132 valence electrons. The van der Waals surface area contributed by atoms with Crippen molar-refractivity contribution in [3.63, 3.8) is 0 Å². The van der Waals surface area contributed by atoms with Crippen LogP contribution in [-0.4, -0.2) is 25.9 Å². The molecule has 2 radical (unpaired) electrons. The summed E-state index contributed by atoms with van der Waals surface area (Å²) in [6.45, 7) is 0.257. The zero-order valence-corrected chi connectivity index (χ0v) is 15.2. The molecule has 2 aromatic carbocycles. The quantitative estimate of drug-likeness (QED) is 0.538. The van der Waals surface area contributed by atoms with E-state index < -0.39 is 11.6 Å². The van der Waals surface area contributed by atoms with Crippen molar-refractivity contribution in [2.45, 2.75) is 25.2 Å². The van der Waals surface area contributed by atoms with E-state index in [0.29, 0.717) is 24.2 Å². The lowest BCUT2D eigenvalue weighted by Gasteiger charge is -2.11. The number of ketones is 1. The molecule has 0 heterocycles. The Morgan fingerprint density at radius 3 is 2.58 bits per heavy atom. The van der Waals surface area contributed by atoms with Crippen LogP contribution in [0.3, 0.4) is 0 Å². The highest BCUT2D eigenvalue weighted by atomic mass is 35.5. The maximum atomic E-state index is 13.1. The molecule has 0 bridgehead atoms. The zero-order valence-electron chi connectivity index (χ0n) is 13.7. The second-order valence-electron chi connectivity index (χ2n) is 6.13. The van der Waals surface area contributed by atoms with Crippen molar-refractivity contribution >= 4 is 42.5 Å². The summed E-state index contributed by atoms with van der Waals surface area (Å²) < 4.78 is 18.7. The number of carbonyl (C=O) groups is 2. The number of hydrogen-bond acceptors (Lipinski definition) is 3. The summed E-state index contributed by atoms with van der Waals surface area (Å²) in [5, 5.41) is 0.321. The van der Waals surface area contributed by atoms with Crippen molar-refractivity contribution < 1.29 is 18.7 Å². The average molecular weight is 391 g/mol. The SMILES string of the molecule is [B]C(=O)CCCOc1cc2c(c(Cl)c1Cl)C(=O)C(c1ccc(F)cc1)C2. The van der Waals surface area contributed by atoms with Gasteiger partial charge in [0.15, 0.2) is 13.6 Å². The van der Waals surface area contributed by atoms with Gasteiger partial charge in [-0.1, -0.05) is 35.3 Å². The van der Waals surface area contributed by atoms with Gasteiger partial charge in [-0.25, -0.2) is 4.39 Å². The monoisotopic (exact) mass is 390 g/mol. The lowest BCUT2D eigenvalue weighted by atomic mass is 9.95. The summed E-state index contributed by atoms with van der Waals surface area (Å²) in [7, 11) is 5.09. The van der Waals surface area contributed by atoms with E-state index in [-0.39, 0.29) is 34.7 Å². The molecule has 0 fully saturated rings. The van der Waals surface area contributed by atoms with Crippen molar-refractivity contribution in [1.29, 1.82) is 0 Å². The smallest absolute Gasteiger partial charge is 0.172 e. The highest BCUT2D eigenvalue weighted by molar-refractivity contribution is 6.57. The molecule has 3 rings (SSSR count). The molecular formula is C19H14BCl2FO3. The Bertz CT molecular complexity index is 868. The van der Waals surface area contributed by atoms with Crippen molar-refractivity contribution in [3.05, 3.63) is 62.9 Å². The summed E-state index contributed by atoms with van der Waals surface area (Å²) in [4.78, 5) is 23.5. The zero-order chi connectivity index (χ0) is 18.8. The molecule has 3 nitrogen and oxygen atoms in total. The van der Waals surface area contributed by atoms with Crippen LogP contribution in [0.1, 0.15) is 40.2 Å². The molecule has 0 amide bonds. The summed E-state index contributed by atoms with van der Waals surface area (Å²) in [5.41, 5.74) is 1.45. The van der Waals surface area contributed by atoms with Gasteiger partial charge in [-0.05, 0) is 48.6 Å². The minimum Gasteiger partial charge on any atom is -0.492 e. The van der Waals surface area contributed by atoms with Crippen LogP contribution in [0.5, 0.6) is 5.75 Å². The summed E-state index contributed by atoms with van der Waals surface area (Å²) in [6.07, 6.45) is 1.10. The Morgan fingerprint density at radius 2 is 1.92 bits per heavy atom. The summed E-state index contributed by atoms with van der Waals surface area (Å²) in [6, 6.07) is 7.55.